The molecule has 3 heterocycles. The fourth-order valence-electron chi connectivity index (χ4n) is 9.34. The van der Waals surface area contributed by atoms with Crippen LogP contribution in [0.25, 0.3) is 83.0 Å². The normalized spacial score (nSPS) is 13.2. The van der Waals surface area contributed by atoms with E-state index in [2.05, 4.69) is 174 Å². The SMILES string of the molecule is c1ccc(C2(c3ccccc3)c3ccccc3-c3ccc(-c4nc5oc6ccccc6c5nc4-n4c5ccccc5c5cc6ccccc6cc54)cc32)cc1. The third-order valence-electron chi connectivity index (χ3n) is 11.7. The smallest absolute Gasteiger partial charge is 0.247 e. The fourth-order valence-corrected chi connectivity index (χ4v) is 9.34. The van der Waals surface area contributed by atoms with Gasteiger partial charge in [0.05, 0.1) is 16.4 Å². The summed E-state index contributed by atoms with van der Waals surface area (Å²) in [4.78, 5) is 11.0. The summed E-state index contributed by atoms with van der Waals surface area (Å²) < 4.78 is 8.77. The van der Waals surface area contributed by atoms with E-state index >= 15 is 0 Å². The van der Waals surface area contributed by atoms with Gasteiger partial charge in [-0.25, -0.2) is 9.97 Å². The molecule has 0 bridgehead atoms. The van der Waals surface area contributed by atoms with Crippen LogP contribution in [-0.4, -0.2) is 14.5 Å². The van der Waals surface area contributed by atoms with Gasteiger partial charge in [-0.05, 0) is 80.6 Å². The number of nitrogens with zero attached hydrogens (tertiary/aromatic N) is 3. The topological polar surface area (TPSA) is 43.9 Å². The van der Waals surface area contributed by atoms with Crippen LogP contribution >= 0.6 is 0 Å². The number of benzene rings is 8. The number of hydrogen-bond acceptors (Lipinski definition) is 3. The van der Waals surface area contributed by atoms with Crippen LogP contribution in [0.4, 0.5) is 0 Å². The first-order valence-corrected chi connectivity index (χ1v) is 18.7. The molecule has 55 heavy (non-hydrogen) atoms. The zero-order valence-electron chi connectivity index (χ0n) is 29.6. The van der Waals surface area contributed by atoms with E-state index in [1.54, 1.807) is 0 Å². The molecular weight excluding hydrogens is 671 g/mol. The van der Waals surface area contributed by atoms with Crippen LogP contribution < -0.4 is 0 Å². The first-order valence-electron chi connectivity index (χ1n) is 18.7. The van der Waals surface area contributed by atoms with Gasteiger partial charge >= 0.3 is 0 Å². The van der Waals surface area contributed by atoms with Gasteiger partial charge in [0.25, 0.3) is 0 Å². The molecular formula is C51H31N3O. The zero-order valence-corrected chi connectivity index (χ0v) is 29.6. The minimum atomic E-state index is -0.548. The molecule has 0 amide bonds. The van der Waals surface area contributed by atoms with Crippen molar-refractivity contribution in [2.45, 2.75) is 5.41 Å². The number of fused-ring (bicyclic) bond motifs is 10. The second kappa shape index (κ2) is 11.3. The number of furan rings is 1. The molecule has 0 atom stereocenters. The van der Waals surface area contributed by atoms with Crippen LogP contribution in [0.1, 0.15) is 22.3 Å². The monoisotopic (exact) mass is 701 g/mol. The zero-order chi connectivity index (χ0) is 36.1. The van der Waals surface area contributed by atoms with Gasteiger partial charge in [0.15, 0.2) is 5.82 Å². The predicted molar refractivity (Wildman–Crippen MR) is 224 cm³/mol. The van der Waals surface area contributed by atoms with E-state index in [9.17, 15) is 0 Å². The number of para-hydroxylation sites is 2. The number of hydrogen-bond donors (Lipinski definition) is 0. The Morgan fingerprint density at radius 1 is 0.455 bits per heavy atom. The predicted octanol–water partition coefficient (Wildman–Crippen LogP) is 12.7. The van der Waals surface area contributed by atoms with Crippen LogP contribution in [-0.2, 0) is 5.41 Å². The third kappa shape index (κ3) is 4.16. The highest BCUT2D eigenvalue weighted by molar-refractivity contribution is 6.14. The van der Waals surface area contributed by atoms with Gasteiger partial charge in [-0.15, -0.1) is 0 Å². The molecule has 0 N–H and O–H groups in total. The van der Waals surface area contributed by atoms with Crippen LogP contribution in [0.2, 0.25) is 0 Å². The molecule has 12 rings (SSSR count). The summed E-state index contributed by atoms with van der Waals surface area (Å²) in [6.45, 7) is 0. The van der Waals surface area contributed by atoms with Gasteiger partial charge in [0, 0.05) is 21.7 Å². The summed E-state index contributed by atoms with van der Waals surface area (Å²) in [5, 5.41) is 5.67. The molecule has 0 aliphatic heterocycles. The van der Waals surface area contributed by atoms with Crippen molar-refractivity contribution in [1.29, 1.82) is 0 Å². The fraction of sp³-hybridized carbons (Fsp3) is 0.0196. The molecule has 0 fully saturated rings. The molecule has 0 spiro atoms. The molecule has 1 aliphatic rings. The molecule has 4 heteroatoms. The molecule has 256 valence electrons. The van der Waals surface area contributed by atoms with Crippen LogP contribution in [0.15, 0.2) is 192 Å². The maximum atomic E-state index is 6.46. The second-order valence-electron chi connectivity index (χ2n) is 14.5. The third-order valence-corrected chi connectivity index (χ3v) is 11.7. The quantitative estimate of drug-likeness (QED) is 0.183. The average Bonchev–Trinajstić information content (AvgIpc) is 3.88. The minimum absolute atomic E-state index is 0.521. The lowest BCUT2D eigenvalue weighted by molar-refractivity contribution is 0.653. The molecule has 0 radical (unpaired) electrons. The Hall–Kier alpha value is -7.30. The van der Waals surface area contributed by atoms with Crippen molar-refractivity contribution in [3.63, 3.8) is 0 Å². The van der Waals surface area contributed by atoms with Gasteiger partial charge < -0.3 is 4.42 Å². The van der Waals surface area contributed by atoms with Crippen LogP contribution in [0.3, 0.4) is 0 Å². The van der Waals surface area contributed by atoms with Gasteiger partial charge in [-0.2, -0.15) is 0 Å². The van der Waals surface area contributed by atoms with E-state index in [0.29, 0.717) is 5.71 Å². The maximum absolute atomic E-state index is 6.46. The Kier molecular flexibility index (Phi) is 6.23. The summed E-state index contributed by atoms with van der Waals surface area (Å²) in [6.07, 6.45) is 0. The Morgan fingerprint density at radius 3 is 1.89 bits per heavy atom. The molecule has 11 aromatic rings. The summed E-state index contributed by atoms with van der Waals surface area (Å²) in [7, 11) is 0. The largest absolute Gasteiger partial charge is 0.436 e. The molecule has 8 aromatic carbocycles. The van der Waals surface area contributed by atoms with Gasteiger partial charge in [-0.1, -0.05) is 152 Å². The number of rotatable bonds is 4. The van der Waals surface area contributed by atoms with Crippen molar-refractivity contribution < 1.29 is 4.42 Å². The highest BCUT2D eigenvalue weighted by atomic mass is 16.3. The van der Waals surface area contributed by atoms with E-state index < -0.39 is 5.41 Å². The summed E-state index contributed by atoms with van der Waals surface area (Å²) in [5.74, 6) is 0.765. The van der Waals surface area contributed by atoms with Gasteiger partial charge in [0.2, 0.25) is 5.71 Å². The average molecular weight is 702 g/mol. The second-order valence-corrected chi connectivity index (χ2v) is 14.5. The van der Waals surface area contributed by atoms with E-state index in [1.807, 2.05) is 18.2 Å². The van der Waals surface area contributed by atoms with E-state index in [1.165, 1.54) is 54.9 Å². The molecule has 0 saturated heterocycles. The van der Waals surface area contributed by atoms with Crippen molar-refractivity contribution in [2.24, 2.45) is 0 Å². The molecule has 0 saturated carbocycles. The summed E-state index contributed by atoms with van der Waals surface area (Å²) in [5.41, 5.74) is 12.8. The van der Waals surface area contributed by atoms with Crippen molar-refractivity contribution >= 4 is 54.8 Å². The van der Waals surface area contributed by atoms with E-state index in [4.69, 9.17) is 14.4 Å². The Morgan fingerprint density at radius 2 is 1.09 bits per heavy atom. The lowest BCUT2D eigenvalue weighted by Gasteiger charge is -2.34. The maximum Gasteiger partial charge on any atom is 0.247 e. The number of aromatic nitrogens is 3. The van der Waals surface area contributed by atoms with Crippen LogP contribution in [0.5, 0.6) is 0 Å². The highest BCUT2D eigenvalue weighted by Gasteiger charge is 2.46. The first kappa shape index (κ1) is 30.2. The standard InChI is InChI=1S/C51H31N3O/c1-3-17-35(18-4-1)51(36-19-5-2-6-20-36)42-24-12-9-21-37(42)38-28-27-34(30-43(38)51)47-49(52-48-40-23-11-14-26-46(40)55-50(48)53-47)54-44-25-13-10-22-39(44)41-29-32-15-7-8-16-33(32)31-45(41)54/h1-31H. The lowest BCUT2D eigenvalue weighted by atomic mass is 9.67. The highest BCUT2D eigenvalue weighted by Crippen LogP contribution is 2.57. The van der Waals surface area contributed by atoms with Gasteiger partial charge in [-0.3, -0.25) is 4.57 Å². The van der Waals surface area contributed by atoms with Gasteiger partial charge in [0.1, 0.15) is 16.8 Å². The Bertz CT molecular complexity index is 3280. The molecule has 4 nitrogen and oxygen atoms in total. The van der Waals surface area contributed by atoms with Crippen molar-refractivity contribution in [3.8, 4) is 28.2 Å². The summed E-state index contributed by atoms with van der Waals surface area (Å²) in [6, 6.07) is 67.5. The first-order chi connectivity index (χ1) is 27.3. The molecule has 0 unspecified atom stereocenters. The Balaban J connectivity index is 1.21. The minimum Gasteiger partial charge on any atom is -0.436 e. The molecule has 1 aliphatic carbocycles. The van der Waals surface area contributed by atoms with E-state index in [0.717, 1.165) is 44.6 Å². The lowest BCUT2D eigenvalue weighted by Crippen LogP contribution is -2.28. The molecule has 3 aromatic heterocycles. The summed E-state index contributed by atoms with van der Waals surface area (Å²) >= 11 is 0. The van der Waals surface area contributed by atoms with Crippen molar-refractivity contribution in [3.05, 3.63) is 210 Å². The van der Waals surface area contributed by atoms with E-state index in [-0.39, 0.29) is 0 Å². The van der Waals surface area contributed by atoms with Crippen molar-refractivity contribution in [2.75, 3.05) is 0 Å². The van der Waals surface area contributed by atoms with Crippen LogP contribution in [0, 0.1) is 0 Å². The Labute approximate surface area is 316 Å². The van der Waals surface area contributed by atoms with Crippen molar-refractivity contribution in [1.82, 2.24) is 14.5 Å².